The van der Waals surface area contributed by atoms with Crippen LogP contribution in [0.5, 0.6) is 0 Å². The van der Waals surface area contributed by atoms with Gasteiger partial charge >= 0.3 is 0 Å². The number of nitrogens with zero attached hydrogens (tertiary/aromatic N) is 3. The lowest BCUT2D eigenvalue weighted by Crippen LogP contribution is -2.37. The predicted molar refractivity (Wildman–Crippen MR) is 46.6 cm³/mol. The molecule has 1 fully saturated rings. The number of hydrogen-bond acceptors (Lipinski definition) is 3. The van der Waals surface area contributed by atoms with E-state index in [4.69, 9.17) is 0 Å². The summed E-state index contributed by atoms with van der Waals surface area (Å²) >= 11 is 3.28. The van der Waals surface area contributed by atoms with Gasteiger partial charge in [-0.1, -0.05) is 0 Å². The molecular weight excluding hydrogens is 206 g/mol. The lowest BCUT2D eigenvalue weighted by molar-refractivity contribution is 0.607. The normalized spacial score (nSPS) is 16.3. The Balaban J connectivity index is 2.23. The van der Waals surface area contributed by atoms with Gasteiger partial charge in [0.15, 0.2) is 0 Å². The van der Waals surface area contributed by atoms with E-state index in [1.54, 1.807) is 12.4 Å². The van der Waals surface area contributed by atoms with Gasteiger partial charge in [0.05, 0.1) is 12.4 Å². The highest BCUT2D eigenvalue weighted by atomic mass is 79.9. The number of anilines is 1. The van der Waals surface area contributed by atoms with Gasteiger partial charge in [-0.15, -0.1) is 0 Å². The molecule has 3 nitrogen and oxygen atoms in total. The Morgan fingerprint density at radius 3 is 2.73 bits per heavy atom. The average Bonchev–Trinajstić information content (AvgIpc) is 1.83. The third-order valence-corrected chi connectivity index (χ3v) is 2.15. The molecule has 0 spiro atoms. The van der Waals surface area contributed by atoms with Crippen molar-refractivity contribution in [1.29, 1.82) is 0 Å². The van der Waals surface area contributed by atoms with Crippen molar-refractivity contribution < 1.29 is 0 Å². The Kier molecular flexibility index (Phi) is 1.77. The summed E-state index contributed by atoms with van der Waals surface area (Å²) in [4.78, 5) is 10.5. The third kappa shape index (κ3) is 1.35. The van der Waals surface area contributed by atoms with Crippen LogP contribution in [0.25, 0.3) is 0 Å². The van der Waals surface area contributed by atoms with Gasteiger partial charge in [-0.25, -0.2) is 4.98 Å². The molecule has 0 aliphatic carbocycles. The Bertz CT molecular complexity index is 260. The molecule has 0 unspecified atom stereocenters. The zero-order valence-electron chi connectivity index (χ0n) is 6.00. The van der Waals surface area contributed by atoms with Crippen molar-refractivity contribution in [2.45, 2.75) is 6.42 Å². The van der Waals surface area contributed by atoms with E-state index in [0.29, 0.717) is 0 Å². The van der Waals surface area contributed by atoms with Crippen molar-refractivity contribution in [2.75, 3.05) is 18.0 Å². The van der Waals surface area contributed by atoms with E-state index in [1.165, 1.54) is 6.42 Å². The molecule has 0 N–H and O–H groups in total. The SMILES string of the molecule is Brc1cncc(N2CCC2)n1. The van der Waals surface area contributed by atoms with Crippen molar-refractivity contribution >= 4 is 21.7 Å². The van der Waals surface area contributed by atoms with Gasteiger partial charge in [-0.3, -0.25) is 4.98 Å². The molecule has 1 aromatic heterocycles. The molecular formula is C7H8BrN3. The largest absolute Gasteiger partial charge is 0.355 e. The monoisotopic (exact) mass is 213 g/mol. The summed E-state index contributed by atoms with van der Waals surface area (Å²) in [6.45, 7) is 2.23. The standard InChI is InChI=1S/C7H8BrN3/c8-6-4-9-5-7(10-6)11-2-1-3-11/h4-5H,1-3H2. The molecule has 2 heterocycles. The molecule has 58 valence electrons. The average molecular weight is 214 g/mol. The van der Waals surface area contributed by atoms with Crippen LogP contribution >= 0.6 is 15.9 Å². The smallest absolute Gasteiger partial charge is 0.148 e. The molecule has 0 amide bonds. The molecule has 2 rings (SSSR count). The van der Waals surface area contributed by atoms with Crippen LogP contribution in [0.15, 0.2) is 17.0 Å². The van der Waals surface area contributed by atoms with E-state index in [1.807, 2.05) is 0 Å². The van der Waals surface area contributed by atoms with E-state index in [-0.39, 0.29) is 0 Å². The molecule has 1 aliphatic rings. The van der Waals surface area contributed by atoms with Gasteiger partial charge in [-0.2, -0.15) is 0 Å². The lowest BCUT2D eigenvalue weighted by atomic mass is 10.2. The van der Waals surface area contributed by atoms with Crippen LogP contribution in [0.2, 0.25) is 0 Å². The number of aromatic nitrogens is 2. The van der Waals surface area contributed by atoms with E-state index >= 15 is 0 Å². The van der Waals surface area contributed by atoms with E-state index in [2.05, 4.69) is 30.8 Å². The Morgan fingerprint density at radius 1 is 1.36 bits per heavy atom. The number of hydrogen-bond donors (Lipinski definition) is 0. The summed E-state index contributed by atoms with van der Waals surface area (Å²) in [6.07, 6.45) is 4.77. The van der Waals surface area contributed by atoms with Gasteiger partial charge in [0.2, 0.25) is 0 Å². The van der Waals surface area contributed by atoms with Crippen molar-refractivity contribution in [3.63, 3.8) is 0 Å². The van der Waals surface area contributed by atoms with Crippen molar-refractivity contribution in [2.24, 2.45) is 0 Å². The molecule has 0 saturated carbocycles. The first-order chi connectivity index (χ1) is 5.36. The second kappa shape index (κ2) is 2.77. The van der Waals surface area contributed by atoms with Crippen LogP contribution in [0, 0.1) is 0 Å². The van der Waals surface area contributed by atoms with Crippen molar-refractivity contribution in [1.82, 2.24) is 9.97 Å². The maximum atomic E-state index is 4.28. The molecule has 4 heteroatoms. The minimum atomic E-state index is 0.807. The molecule has 0 atom stereocenters. The minimum Gasteiger partial charge on any atom is -0.355 e. The fourth-order valence-electron chi connectivity index (χ4n) is 1.03. The highest BCUT2D eigenvalue weighted by Gasteiger charge is 2.15. The molecule has 1 aliphatic heterocycles. The highest BCUT2D eigenvalue weighted by molar-refractivity contribution is 9.10. The second-order valence-corrected chi connectivity index (χ2v) is 3.35. The Morgan fingerprint density at radius 2 is 2.18 bits per heavy atom. The zero-order chi connectivity index (χ0) is 7.68. The second-order valence-electron chi connectivity index (χ2n) is 2.54. The van der Waals surface area contributed by atoms with Gasteiger partial charge in [0, 0.05) is 13.1 Å². The van der Waals surface area contributed by atoms with Crippen LogP contribution in [-0.4, -0.2) is 23.1 Å². The van der Waals surface area contributed by atoms with E-state index < -0.39 is 0 Å². The summed E-state index contributed by atoms with van der Waals surface area (Å²) < 4.78 is 0.807. The van der Waals surface area contributed by atoms with Gasteiger partial charge in [-0.05, 0) is 22.4 Å². The maximum absolute atomic E-state index is 4.28. The van der Waals surface area contributed by atoms with E-state index in [9.17, 15) is 0 Å². The topological polar surface area (TPSA) is 29.0 Å². The summed E-state index contributed by atoms with van der Waals surface area (Å²) in [7, 11) is 0. The summed E-state index contributed by atoms with van der Waals surface area (Å²) in [5.41, 5.74) is 0. The summed E-state index contributed by atoms with van der Waals surface area (Å²) in [6, 6.07) is 0. The molecule has 1 aromatic rings. The first kappa shape index (κ1) is 7.03. The van der Waals surface area contributed by atoms with Crippen molar-refractivity contribution in [3.05, 3.63) is 17.0 Å². The Labute approximate surface area is 73.6 Å². The quantitative estimate of drug-likeness (QED) is 0.708. The summed E-state index contributed by atoms with van der Waals surface area (Å²) in [5.74, 6) is 0.977. The van der Waals surface area contributed by atoms with Crippen LogP contribution in [0.3, 0.4) is 0 Å². The molecule has 0 radical (unpaired) electrons. The molecule has 0 aromatic carbocycles. The van der Waals surface area contributed by atoms with Gasteiger partial charge < -0.3 is 4.90 Å². The zero-order valence-corrected chi connectivity index (χ0v) is 7.58. The fourth-order valence-corrected chi connectivity index (χ4v) is 1.33. The summed E-state index contributed by atoms with van der Waals surface area (Å²) in [5, 5.41) is 0. The van der Waals surface area contributed by atoms with Crippen LogP contribution in [-0.2, 0) is 0 Å². The van der Waals surface area contributed by atoms with Crippen molar-refractivity contribution in [3.8, 4) is 0 Å². The molecule has 11 heavy (non-hydrogen) atoms. The van der Waals surface area contributed by atoms with Gasteiger partial charge in [0.1, 0.15) is 10.4 Å². The number of halogens is 1. The first-order valence-electron chi connectivity index (χ1n) is 3.59. The van der Waals surface area contributed by atoms with Gasteiger partial charge in [0.25, 0.3) is 0 Å². The van der Waals surface area contributed by atoms with Crippen LogP contribution in [0.4, 0.5) is 5.82 Å². The lowest BCUT2D eigenvalue weighted by Gasteiger charge is -2.31. The number of rotatable bonds is 1. The molecule has 0 bridgehead atoms. The minimum absolute atomic E-state index is 0.807. The fraction of sp³-hybridized carbons (Fsp3) is 0.429. The van der Waals surface area contributed by atoms with Crippen LogP contribution < -0.4 is 4.90 Å². The molecule has 1 saturated heterocycles. The Hall–Kier alpha value is -0.640. The van der Waals surface area contributed by atoms with Crippen LogP contribution in [0.1, 0.15) is 6.42 Å². The maximum Gasteiger partial charge on any atom is 0.148 e. The highest BCUT2D eigenvalue weighted by Crippen LogP contribution is 2.18. The van der Waals surface area contributed by atoms with E-state index in [0.717, 1.165) is 23.5 Å². The first-order valence-corrected chi connectivity index (χ1v) is 4.38. The predicted octanol–water partition coefficient (Wildman–Crippen LogP) is 1.45. The third-order valence-electron chi connectivity index (χ3n) is 1.77.